The van der Waals surface area contributed by atoms with Crippen LogP contribution in [-0.2, 0) is 9.84 Å². The molecule has 22 heavy (non-hydrogen) atoms. The molecule has 11 heteroatoms. The molecule has 0 aromatic heterocycles. The van der Waals surface area contributed by atoms with E-state index in [9.17, 15) is 24.9 Å². The molecule has 0 bridgehead atoms. The van der Waals surface area contributed by atoms with Crippen molar-refractivity contribution in [3.05, 3.63) is 32.2 Å². The number of rotatable bonds is 2. The number of aliphatic hydroxyl groups is 2. The first kappa shape index (κ1) is 15.1. The quantitative estimate of drug-likeness (QED) is 0.584. The first-order chi connectivity index (χ1) is 10.4. The molecule has 0 aliphatic carbocycles. The number of ether oxygens (including phenoxy) is 1. The summed E-state index contributed by atoms with van der Waals surface area (Å²) in [5.74, 6) is -0.180. The number of hydrogen-bond donors (Lipinski definition) is 3. The Hall–Kier alpha value is -1.85. The molecule has 0 unspecified atom stereocenters. The predicted molar refractivity (Wildman–Crippen MR) is 70.0 cm³/mol. The van der Waals surface area contributed by atoms with Gasteiger partial charge in [0.15, 0.2) is 17.7 Å². The summed E-state index contributed by atoms with van der Waals surface area (Å²) in [4.78, 5) is 32.5. The van der Waals surface area contributed by atoms with Crippen LogP contribution in [-0.4, -0.2) is 54.7 Å². The molecule has 10 nitrogen and oxygen atoms in total. The smallest absolute Gasteiger partial charge is 0.349 e. The number of aromatic nitrogens is 4. The van der Waals surface area contributed by atoms with E-state index in [1.807, 2.05) is 4.98 Å². The van der Waals surface area contributed by atoms with Crippen LogP contribution in [0.5, 0.6) is 0 Å². The summed E-state index contributed by atoms with van der Waals surface area (Å²) in [6.45, 7) is -0.771. The molecule has 0 aromatic rings. The van der Waals surface area contributed by atoms with Gasteiger partial charge in [-0.3, -0.25) is 14.3 Å². The van der Waals surface area contributed by atoms with Crippen molar-refractivity contribution in [2.24, 2.45) is 0 Å². The molecule has 3 N–H and O–H groups in total. The largest absolute Gasteiger partial charge is 0.387 e. The zero-order valence-electron chi connectivity index (χ0n) is 10.8. The van der Waals surface area contributed by atoms with Gasteiger partial charge in [0.25, 0.3) is 5.56 Å². The van der Waals surface area contributed by atoms with Gasteiger partial charge in [-0.2, -0.15) is 4.98 Å². The van der Waals surface area contributed by atoms with Crippen molar-refractivity contribution < 1.29 is 20.1 Å². The van der Waals surface area contributed by atoms with Crippen molar-refractivity contribution >= 4 is 11.6 Å². The summed E-state index contributed by atoms with van der Waals surface area (Å²) in [5.41, 5.74) is -1.95. The monoisotopic (exact) mass is 329 g/mol. The predicted octanol–water partition coefficient (Wildman–Crippen LogP) is -1.87. The minimum atomic E-state index is -1.46. The average molecular weight is 330 g/mol. The van der Waals surface area contributed by atoms with Crippen LogP contribution in [0.3, 0.4) is 0 Å². The summed E-state index contributed by atoms with van der Waals surface area (Å²) >= 11 is 5.82. The van der Waals surface area contributed by atoms with Crippen LogP contribution in [0, 0.1) is 0 Å². The summed E-state index contributed by atoms with van der Waals surface area (Å²) in [5, 5.41) is 30.6. The lowest BCUT2D eigenvalue weighted by Crippen LogP contribution is -2.34. The van der Waals surface area contributed by atoms with E-state index in [4.69, 9.17) is 16.3 Å². The maximum Gasteiger partial charge on any atom is 0.349 e. The molecule has 0 saturated carbocycles. The van der Waals surface area contributed by atoms with Gasteiger partial charge in [-0.15, -0.1) is 0 Å². The molecular formula is C11H10ClN4O6. The molecule has 3 heterocycles. The Balaban J connectivity index is 2.19. The number of halogens is 1. The highest BCUT2D eigenvalue weighted by Gasteiger charge is 2.44. The van der Waals surface area contributed by atoms with Crippen LogP contribution >= 0.6 is 11.6 Å². The second kappa shape index (κ2) is 5.41. The van der Waals surface area contributed by atoms with E-state index in [0.717, 1.165) is 4.57 Å². The standard InChI is InChI=1S/C11H10ClN4O6/c12-4-1-16(10-7(19)6(18)3(2-17)22-10)8-5(13-4)9(20)15-11(21)14-8/h1,3,6-7,10,18-19H,2H2,(H,15,20,21)/t3-,6-,7-,10+/m1/s1. The molecule has 1 radical (unpaired) electrons. The first-order valence-corrected chi connectivity index (χ1v) is 6.58. The van der Waals surface area contributed by atoms with Crippen LogP contribution in [0.4, 0.5) is 0 Å². The molecule has 0 aromatic carbocycles. The highest BCUT2D eigenvalue weighted by molar-refractivity contribution is 6.29. The first-order valence-electron chi connectivity index (χ1n) is 6.21. The van der Waals surface area contributed by atoms with Gasteiger partial charge in [0.2, 0.25) is 0 Å². The van der Waals surface area contributed by atoms with Crippen LogP contribution in [0.1, 0.15) is 6.23 Å². The summed E-state index contributed by atoms with van der Waals surface area (Å²) < 4.78 is 6.38. The number of nitrogens with one attached hydrogen (secondary N) is 1. The van der Waals surface area contributed by atoms with Gasteiger partial charge in [-0.05, 0) is 0 Å². The van der Waals surface area contributed by atoms with Crippen molar-refractivity contribution in [2.45, 2.75) is 24.5 Å². The number of hydrogen-bond acceptors (Lipinski definition) is 7. The third kappa shape index (κ3) is 2.30. The van der Waals surface area contributed by atoms with Crippen molar-refractivity contribution in [2.75, 3.05) is 6.61 Å². The van der Waals surface area contributed by atoms with Gasteiger partial charge in [0, 0.05) is 6.20 Å². The molecule has 117 valence electrons. The topological polar surface area (TPSA) is 150 Å². The summed E-state index contributed by atoms with van der Waals surface area (Å²) in [6.07, 6.45) is -4.05. The van der Waals surface area contributed by atoms with E-state index in [-0.39, 0.29) is 16.7 Å². The highest BCUT2D eigenvalue weighted by atomic mass is 35.5. The molecule has 3 aliphatic heterocycles. The van der Waals surface area contributed by atoms with E-state index >= 15 is 0 Å². The normalized spacial score (nSPS) is 28.4. The van der Waals surface area contributed by atoms with Gasteiger partial charge < -0.3 is 14.9 Å². The molecule has 1 fully saturated rings. The van der Waals surface area contributed by atoms with Crippen LogP contribution in [0.2, 0.25) is 5.15 Å². The van der Waals surface area contributed by atoms with Gasteiger partial charge in [-0.1, -0.05) is 11.6 Å². The molecule has 0 spiro atoms. The molecule has 3 rings (SSSR count). The third-order valence-corrected chi connectivity index (χ3v) is 3.52. The van der Waals surface area contributed by atoms with Gasteiger partial charge in [-0.25, -0.2) is 14.9 Å². The Morgan fingerprint density at radius 2 is 2.05 bits per heavy atom. The van der Waals surface area contributed by atoms with Gasteiger partial charge in [0.05, 0.1) is 0 Å². The van der Waals surface area contributed by atoms with E-state index < -0.39 is 42.4 Å². The summed E-state index contributed by atoms with van der Waals surface area (Å²) in [7, 11) is 0. The second-order valence-electron chi connectivity index (χ2n) is 4.73. The zero-order valence-corrected chi connectivity index (χ0v) is 11.6. The Morgan fingerprint density at radius 3 is 2.68 bits per heavy atom. The zero-order chi connectivity index (χ0) is 16.0. The van der Waals surface area contributed by atoms with E-state index in [2.05, 4.69) is 9.97 Å². The maximum absolute atomic E-state index is 11.8. The Labute approximate surface area is 126 Å². The number of nitrogens with zero attached hydrogens (tertiary/aromatic N) is 3. The molecular weight excluding hydrogens is 320 g/mol. The van der Waals surface area contributed by atoms with E-state index in [1.54, 1.807) is 0 Å². The molecule has 0 amide bonds. The SMILES string of the molecule is [O]C[C@H]1O[C@H](n2cc(Cl)nc3c(=O)[nH]c(=O)nc2-3)[C@H](O)[C@@H]1O. The van der Waals surface area contributed by atoms with E-state index in [1.165, 1.54) is 6.20 Å². The third-order valence-electron chi connectivity index (χ3n) is 3.34. The van der Waals surface area contributed by atoms with Gasteiger partial charge in [0.1, 0.15) is 30.1 Å². The second-order valence-corrected chi connectivity index (χ2v) is 5.11. The fourth-order valence-corrected chi connectivity index (χ4v) is 2.51. The number of aliphatic hydroxyl groups excluding tert-OH is 2. The van der Waals surface area contributed by atoms with Gasteiger partial charge >= 0.3 is 5.69 Å². The lowest BCUT2D eigenvalue weighted by molar-refractivity contribution is -0.0636. The van der Waals surface area contributed by atoms with Crippen molar-refractivity contribution in [3.63, 3.8) is 0 Å². The molecule has 3 aliphatic rings. The van der Waals surface area contributed by atoms with E-state index in [0.29, 0.717) is 0 Å². The van der Waals surface area contributed by atoms with Crippen molar-refractivity contribution in [1.29, 1.82) is 0 Å². The number of fused-ring (bicyclic) bond motifs is 1. The number of H-pyrrole nitrogens is 1. The van der Waals surface area contributed by atoms with Crippen molar-refractivity contribution in [1.82, 2.24) is 19.5 Å². The summed E-state index contributed by atoms with van der Waals surface area (Å²) in [6, 6.07) is 0. The lowest BCUT2D eigenvalue weighted by Gasteiger charge is -2.21. The lowest BCUT2D eigenvalue weighted by atomic mass is 10.1. The fraction of sp³-hybridized carbons (Fsp3) is 0.455. The van der Waals surface area contributed by atoms with Crippen LogP contribution < -0.4 is 11.2 Å². The molecule has 4 atom stereocenters. The molecule has 1 saturated heterocycles. The Morgan fingerprint density at radius 1 is 1.32 bits per heavy atom. The minimum absolute atomic E-state index is 0.116. The van der Waals surface area contributed by atoms with Crippen molar-refractivity contribution in [3.8, 4) is 11.5 Å². The fourth-order valence-electron chi connectivity index (χ4n) is 2.32. The Bertz CT molecular complexity index is 791. The Kier molecular flexibility index (Phi) is 3.70. The average Bonchev–Trinajstić information content (AvgIpc) is 2.75. The minimum Gasteiger partial charge on any atom is -0.387 e. The number of aromatic amines is 1. The van der Waals surface area contributed by atoms with Crippen LogP contribution in [0.15, 0.2) is 15.8 Å². The van der Waals surface area contributed by atoms with Crippen LogP contribution in [0.25, 0.3) is 11.5 Å². The maximum atomic E-state index is 11.8. The highest BCUT2D eigenvalue weighted by Crippen LogP contribution is 2.32.